The second-order valence-electron chi connectivity index (χ2n) is 6.90. The lowest BCUT2D eigenvalue weighted by atomic mass is 10.0. The quantitative estimate of drug-likeness (QED) is 0.859. The first-order chi connectivity index (χ1) is 12.9. The van der Waals surface area contributed by atoms with Crippen molar-refractivity contribution in [2.45, 2.75) is 19.0 Å². The molecular weight excluding hydrogens is 366 g/mol. The van der Waals surface area contributed by atoms with Crippen molar-refractivity contribution in [3.63, 3.8) is 0 Å². The second kappa shape index (κ2) is 6.54. The molecule has 2 heterocycles. The van der Waals surface area contributed by atoms with Gasteiger partial charge < -0.3 is 10.0 Å². The predicted molar refractivity (Wildman–Crippen MR) is 103 cm³/mol. The van der Waals surface area contributed by atoms with Gasteiger partial charge in [-0.3, -0.25) is 4.31 Å². The monoisotopic (exact) mass is 387 g/mol. The number of hydrogen-bond donors (Lipinski definition) is 1. The lowest BCUT2D eigenvalue weighted by Crippen LogP contribution is -2.51. The van der Waals surface area contributed by atoms with E-state index in [2.05, 4.69) is 0 Å². The maximum atomic E-state index is 13.1. The van der Waals surface area contributed by atoms with E-state index in [1.165, 1.54) is 13.5 Å². The Balaban J connectivity index is 1.68. The van der Waals surface area contributed by atoms with Crippen molar-refractivity contribution >= 4 is 22.0 Å². The highest BCUT2D eigenvalue weighted by molar-refractivity contribution is 7.90. The summed E-state index contributed by atoms with van der Waals surface area (Å²) in [6.45, 7) is 0.824. The van der Waals surface area contributed by atoms with Gasteiger partial charge in [0.1, 0.15) is 0 Å². The van der Waals surface area contributed by atoms with Crippen molar-refractivity contribution in [3.05, 3.63) is 54.1 Å². The molecule has 142 valence electrons. The Morgan fingerprint density at radius 3 is 2.52 bits per heavy atom. The number of benzene rings is 2. The van der Waals surface area contributed by atoms with E-state index in [9.17, 15) is 13.2 Å². The summed E-state index contributed by atoms with van der Waals surface area (Å²) in [5.74, 6) is 0. The molecule has 8 heteroatoms. The summed E-state index contributed by atoms with van der Waals surface area (Å²) < 4.78 is 28.9. The first kappa shape index (κ1) is 17.8. The van der Waals surface area contributed by atoms with Gasteiger partial charge in [0, 0.05) is 32.7 Å². The van der Waals surface area contributed by atoms with E-state index in [-0.39, 0.29) is 19.1 Å². The highest BCUT2D eigenvalue weighted by Gasteiger charge is 2.42. The molecule has 1 saturated heterocycles. The van der Waals surface area contributed by atoms with Crippen molar-refractivity contribution in [1.29, 1.82) is 0 Å². The zero-order chi connectivity index (χ0) is 19.2. The van der Waals surface area contributed by atoms with Crippen LogP contribution in [0.3, 0.4) is 0 Å². The summed E-state index contributed by atoms with van der Waals surface area (Å²) in [6.07, 6.45) is -0.496. The summed E-state index contributed by atoms with van der Waals surface area (Å²) in [5.41, 5.74) is 3.57. The van der Waals surface area contributed by atoms with Crippen LogP contribution in [0.5, 0.6) is 0 Å². The minimum Gasteiger partial charge on any atom is -0.465 e. The summed E-state index contributed by atoms with van der Waals surface area (Å²) >= 11 is 0. The van der Waals surface area contributed by atoms with Gasteiger partial charge in [-0.05, 0) is 29.2 Å². The highest BCUT2D eigenvalue weighted by Crippen LogP contribution is 2.36. The van der Waals surface area contributed by atoms with Gasteiger partial charge in [-0.2, -0.15) is 12.7 Å². The molecule has 27 heavy (non-hydrogen) atoms. The molecule has 2 aliphatic rings. The zero-order valence-corrected chi connectivity index (χ0v) is 15.8. The first-order valence-electron chi connectivity index (χ1n) is 8.80. The van der Waals surface area contributed by atoms with Crippen LogP contribution in [-0.2, 0) is 16.8 Å². The fourth-order valence-electron chi connectivity index (χ4n) is 3.80. The maximum Gasteiger partial charge on any atom is 0.407 e. The SMILES string of the molecule is CN1c2cc(-c3ccccc3)ccc2CN([C@@H]2CCN(C(=O)O)C2)S1(=O)=O. The van der Waals surface area contributed by atoms with Gasteiger partial charge in [-0.15, -0.1) is 0 Å². The van der Waals surface area contributed by atoms with Gasteiger partial charge in [0.15, 0.2) is 0 Å². The molecule has 2 aliphatic heterocycles. The van der Waals surface area contributed by atoms with Crippen molar-refractivity contribution in [3.8, 4) is 11.1 Å². The molecule has 4 rings (SSSR count). The third-order valence-electron chi connectivity index (χ3n) is 5.34. The van der Waals surface area contributed by atoms with Crippen LogP contribution in [-0.4, -0.2) is 55.0 Å². The van der Waals surface area contributed by atoms with Crippen molar-refractivity contribution in [2.24, 2.45) is 0 Å². The summed E-state index contributed by atoms with van der Waals surface area (Å²) in [4.78, 5) is 12.4. The lowest BCUT2D eigenvalue weighted by Gasteiger charge is -2.38. The fraction of sp³-hybridized carbons (Fsp3) is 0.316. The Bertz CT molecular complexity index is 978. The van der Waals surface area contributed by atoms with E-state index in [1.807, 2.05) is 48.5 Å². The van der Waals surface area contributed by atoms with E-state index in [1.54, 1.807) is 7.05 Å². The van der Waals surface area contributed by atoms with Crippen LogP contribution in [0.15, 0.2) is 48.5 Å². The molecular formula is C19H21N3O4S. The van der Waals surface area contributed by atoms with Crippen molar-refractivity contribution < 1.29 is 18.3 Å². The molecule has 0 spiro atoms. The summed E-state index contributed by atoms with van der Waals surface area (Å²) in [5, 5.41) is 9.16. The lowest BCUT2D eigenvalue weighted by molar-refractivity contribution is 0.152. The van der Waals surface area contributed by atoms with Gasteiger partial charge in [-0.1, -0.05) is 42.5 Å². The van der Waals surface area contributed by atoms with Crippen LogP contribution >= 0.6 is 0 Å². The van der Waals surface area contributed by atoms with Gasteiger partial charge in [0.25, 0.3) is 0 Å². The highest BCUT2D eigenvalue weighted by atomic mass is 32.2. The average Bonchev–Trinajstić information content (AvgIpc) is 3.15. The summed E-state index contributed by atoms with van der Waals surface area (Å²) in [6, 6.07) is 15.3. The Morgan fingerprint density at radius 1 is 1.11 bits per heavy atom. The number of likely N-dealkylation sites (tertiary alicyclic amines) is 1. The molecule has 1 N–H and O–H groups in total. The van der Waals surface area contributed by atoms with Crippen molar-refractivity contribution in [1.82, 2.24) is 9.21 Å². The number of amides is 1. The number of rotatable bonds is 2. The van der Waals surface area contributed by atoms with E-state index in [0.29, 0.717) is 18.7 Å². The van der Waals surface area contributed by atoms with Crippen LogP contribution in [0.1, 0.15) is 12.0 Å². The molecule has 1 amide bonds. The molecule has 0 saturated carbocycles. The normalized spacial score (nSPS) is 21.9. The topological polar surface area (TPSA) is 81.2 Å². The smallest absolute Gasteiger partial charge is 0.407 e. The number of carbonyl (C=O) groups is 1. The van der Waals surface area contributed by atoms with Crippen LogP contribution in [0.2, 0.25) is 0 Å². The number of hydrogen-bond acceptors (Lipinski definition) is 3. The Labute approximate surface area is 158 Å². The molecule has 2 aromatic rings. The number of fused-ring (bicyclic) bond motifs is 1. The van der Waals surface area contributed by atoms with Crippen LogP contribution < -0.4 is 4.31 Å². The Morgan fingerprint density at radius 2 is 1.85 bits per heavy atom. The molecule has 0 bridgehead atoms. The molecule has 7 nitrogen and oxygen atoms in total. The predicted octanol–water partition coefficient (Wildman–Crippen LogP) is 2.60. The Hall–Kier alpha value is -2.58. The maximum absolute atomic E-state index is 13.1. The third-order valence-corrected chi connectivity index (χ3v) is 7.25. The first-order valence-corrected chi connectivity index (χ1v) is 10.2. The fourth-order valence-corrected chi connectivity index (χ4v) is 5.38. The van der Waals surface area contributed by atoms with Crippen LogP contribution in [0.25, 0.3) is 11.1 Å². The summed E-state index contributed by atoms with van der Waals surface area (Å²) in [7, 11) is -2.15. The van der Waals surface area contributed by atoms with E-state index in [0.717, 1.165) is 16.7 Å². The largest absolute Gasteiger partial charge is 0.465 e. The molecule has 1 atom stereocenters. The molecule has 1 fully saturated rings. The molecule has 2 aromatic carbocycles. The van der Waals surface area contributed by atoms with E-state index in [4.69, 9.17) is 5.11 Å². The van der Waals surface area contributed by atoms with Gasteiger partial charge in [0.2, 0.25) is 0 Å². The molecule has 0 radical (unpaired) electrons. The third kappa shape index (κ3) is 3.04. The number of anilines is 1. The molecule has 0 aliphatic carbocycles. The van der Waals surface area contributed by atoms with Gasteiger partial charge in [-0.25, -0.2) is 4.79 Å². The number of carboxylic acid groups (broad SMARTS) is 1. The second-order valence-corrected chi connectivity index (χ2v) is 8.81. The standard InChI is InChI=1S/C19H21N3O4S/c1-20-18-11-15(14-5-3-2-4-6-14)7-8-16(18)12-22(27(20,25)26)17-9-10-21(13-17)19(23)24/h2-8,11,17H,9-10,12-13H2,1H3,(H,23,24)/t17-/m1/s1. The average molecular weight is 387 g/mol. The van der Waals surface area contributed by atoms with Crippen LogP contribution in [0, 0.1) is 0 Å². The van der Waals surface area contributed by atoms with Gasteiger partial charge >= 0.3 is 16.3 Å². The van der Waals surface area contributed by atoms with Crippen LogP contribution in [0.4, 0.5) is 10.5 Å². The van der Waals surface area contributed by atoms with E-state index >= 15 is 0 Å². The van der Waals surface area contributed by atoms with Crippen molar-refractivity contribution in [2.75, 3.05) is 24.4 Å². The van der Waals surface area contributed by atoms with E-state index < -0.39 is 16.3 Å². The number of nitrogens with zero attached hydrogens (tertiary/aromatic N) is 3. The minimum atomic E-state index is -3.70. The molecule has 0 unspecified atom stereocenters. The van der Waals surface area contributed by atoms with Gasteiger partial charge in [0.05, 0.1) is 5.69 Å². The zero-order valence-electron chi connectivity index (χ0n) is 14.9. The minimum absolute atomic E-state index is 0.208. The Kier molecular flexibility index (Phi) is 4.32. The molecule has 0 aromatic heterocycles.